The number of aromatic amines is 1. The van der Waals surface area contributed by atoms with Crippen molar-refractivity contribution in [1.29, 1.82) is 0 Å². The summed E-state index contributed by atoms with van der Waals surface area (Å²) in [6, 6.07) is 11.4. The first-order chi connectivity index (χ1) is 13.0. The minimum absolute atomic E-state index is 0.0557. The van der Waals surface area contributed by atoms with E-state index in [0.717, 1.165) is 5.39 Å². The van der Waals surface area contributed by atoms with Crippen LogP contribution in [0.15, 0.2) is 48.8 Å². The second kappa shape index (κ2) is 6.60. The summed E-state index contributed by atoms with van der Waals surface area (Å²) in [6.45, 7) is 0. The van der Waals surface area contributed by atoms with E-state index in [9.17, 15) is 13.6 Å². The minimum Gasteiger partial charge on any atom is -0.339 e. The van der Waals surface area contributed by atoms with E-state index < -0.39 is 12.3 Å². The van der Waals surface area contributed by atoms with Gasteiger partial charge in [-0.05, 0) is 18.2 Å². The summed E-state index contributed by atoms with van der Waals surface area (Å²) < 4.78 is 27.9. The van der Waals surface area contributed by atoms with Crippen LogP contribution < -0.4 is 5.32 Å². The fourth-order valence-corrected chi connectivity index (χ4v) is 2.83. The first-order valence-corrected chi connectivity index (χ1v) is 8.05. The molecular weight excluding hydrogens is 354 g/mol. The van der Waals surface area contributed by atoms with Crippen molar-refractivity contribution in [3.63, 3.8) is 0 Å². The summed E-state index contributed by atoms with van der Waals surface area (Å²) in [6.07, 6.45) is -1.30. The van der Waals surface area contributed by atoms with Crippen LogP contribution in [0.5, 0.6) is 0 Å². The van der Waals surface area contributed by atoms with Gasteiger partial charge in [0.1, 0.15) is 17.8 Å². The molecule has 9 heteroatoms. The highest BCUT2D eigenvalue weighted by atomic mass is 19.3. The molecule has 4 rings (SSSR count). The SMILES string of the molecule is Cn1ncnc1C(=O)Nc1ccc2cc(-c3ccccc3C(F)F)[nH]c2n1. The molecule has 3 aromatic heterocycles. The van der Waals surface area contributed by atoms with Crippen LogP contribution in [-0.2, 0) is 7.05 Å². The second-order valence-electron chi connectivity index (χ2n) is 5.87. The fourth-order valence-electron chi connectivity index (χ4n) is 2.83. The number of carbonyl (C=O) groups excluding carboxylic acids is 1. The van der Waals surface area contributed by atoms with Gasteiger partial charge < -0.3 is 10.3 Å². The number of hydrogen-bond donors (Lipinski definition) is 2. The summed E-state index contributed by atoms with van der Waals surface area (Å²) in [7, 11) is 1.61. The number of alkyl halides is 2. The summed E-state index contributed by atoms with van der Waals surface area (Å²) in [5.41, 5.74) is 1.37. The molecule has 27 heavy (non-hydrogen) atoms. The van der Waals surface area contributed by atoms with Gasteiger partial charge in [0, 0.05) is 29.3 Å². The normalized spacial score (nSPS) is 11.3. The lowest BCUT2D eigenvalue weighted by atomic mass is 10.1. The lowest BCUT2D eigenvalue weighted by Crippen LogP contribution is -2.18. The highest BCUT2D eigenvalue weighted by molar-refractivity contribution is 6.01. The Labute approximate surface area is 152 Å². The van der Waals surface area contributed by atoms with Crippen LogP contribution in [0.4, 0.5) is 14.6 Å². The van der Waals surface area contributed by atoms with Crippen molar-refractivity contribution in [2.24, 2.45) is 7.05 Å². The maximum absolute atomic E-state index is 13.3. The maximum atomic E-state index is 13.3. The van der Waals surface area contributed by atoms with Gasteiger partial charge >= 0.3 is 0 Å². The number of fused-ring (bicyclic) bond motifs is 1. The summed E-state index contributed by atoms with van der Waals surface area (Å²) >= 11 is 0. The molecule has 0 aliphatic rings. The van der Waals surface area contributed by atoms with E-state index in [0.29, 0.717) is 22.7 Å². The molecule has 0 radical (unpaired) electrons. The van der Waals surface area contributed by atoms with Crippen LogP contribution in [-0.4, -0.2) is 30.6 Å². The third kappa shape index (κ3) is 3.14. The van der Waals surface area contributed by atoms with Gasteiger partial charge in [0.15, 0.2) is 0 Å². The minimum atomic E-state index is -2.58. The van der Waals surface area contributed by atoms with Gasteiger partial charge in [-0.3, -0.25) is 4.79 Å². The van der Waals surface area contributed by atoms with Crippen molar-refractivity contribution < 1.29 is 13.6 Å². The molecule has 0 aliphatic heterocycles. The molecular formula is C18H14F2N6O. The van der Waals surface area contributed by atoms with E-state index in [-0.39, 0.29) is 11.4 Å². The number of carbonyl (C=O) groups is 1. The highest BCUT2D eigenvalue weighted by Crippen LogP contribution is 2.32. The lowest BCUT2D eigenvalue weighted by Gasteiger charge is -2.06. The van der Waals surface area contributed by atoms with Gasteiger partial charge in [-0.2, -0.15) is 5.10 Å². The molecule has 0 saturated carbocycles. The number of pyridine rings is 1. The zero-order valence-corrected chi connectivity index (χ0v) is 14.1. The van der Waals surface area contributed by atoms with Crippen LogP contribution in [0.2, 0.25) is 0 Å². The molecule has 7 nitrogen and oxygen atoms in total. The summed E-state index contributed by atoms with van der Waals surface area (Å²) in [5.74, 6) is 0.0117. The Morgan fingerprint density at radius 2 is 2.04 bits per heavy atom. The Morgan fingerprint density at radius 1 is 1.22 bits per heavy atom. The fraction of sp³-hybridized carbons (Fsp3) is 0.111. The van der Waals surface area contributed by atoms with E-state index in [1.807, 2.05) is 0 Å². The first-order valence-electron chi connectivity index (χ1n) is 8.05. The zero-order chi connectivity index (χ0) is 19.0. The van der Waals surface area contributed by atoms with Gasteiger partial charge in [-0.25, -0.2) is 23.4 Å². The molecule has 1 aromatic carbocycles. The summed E-state index contributed by atoms with van der Waals surface area (Å²) in [4.78, 5) is 23.5. The van der Waals surface area contributed by atoms with Crippen molar-refractivity contribution in [2.45, 2.75) is 6.43 Å². The van der Waals surface area contributed by atoms with Gasteiger partial charge in [-0.1, -0.05) is 24.3 Å². The van der Waals surface area contributed by atoms with Crippen molar-refractivity contribution in [1.82, 2.24) is 24.7 Å². The molecule has 3 heterocycles. The van der Waals surface area contributed by atoms with E-state index in [1.54, 1.807) is 43.4 Å². The average Bonchev–Trinajstić information content (AvgIpc) is 3.27. The standard InChI is InChI=1S/C18H14F2N6O/c1-26-17(21-9-22-26)18(27)25-14-7-6-10-8-13(23-16(10)24-14)11-4-2-3-5-12(11)15(19)20/h2-9,15H,1H3,(H2,23,24,25,27). The zero-order valence-electron chi connectivity index (χ0n) is 14.1. The number of aryl methyl sites for hydroxylation is 1. The largest absolute Gasteiger partial charge is 0.339 e. The number of amides is 1. The quantitative estimate of drug-likeness (QED) is 0.577. The predicted molar refractivity (Wildman–Crippen MR) is 95.4 cm³/mol. The number of nitrogens with zero attached hydrogens (tertiary/aromatic N) is 4. The van der Waals surface area contributed by atoms with E-state index >= 15 is 0 Å². The number of H-pyrrole nitrogens is 1. The number of hydrogen-bond acceptors (Lipinski definition) is 4. The van der Waals surface area contributed by atoms with Crippen molar-refractivity contribution >= 4 is 22.8 Å². The molecule has 4 aromatic rings. The number of anilines is 1. The molecule has 0 unspecified atom stereocenters. The Kier molecular flexibility index (Phi) is 4.11. The highest BCUT2D eigenvalue weighted by Gasteiger charge is 2.16. The maximum Gasteiger partial charge on any atom is 0.294 e. The van der Waals surface area contributed by atoms with Gasteiger partial charge in [-0.15, -0.1) is 0 Å². The lowest BCUT2D eigenvalue weighted by molar-refractivity contribution is 0.101. The predicted octanol–water partition coefficient (Wildman–Crippen LogP) is 3.55. The Hall–Kier alpha value is -3.62. The number of rotatable bonds is 4. The van der Waals surface area contributed by atoms with Gasteiger partial charge in [0.25, 0.3) is 12.3 Å². The van der Waals surface area contributed by atoms with Crippen LogP contribution in [0.25, 0.3) is 22.3 Å². The summed E-state index contributed by atoms with van der Waals surface area (Å²) in [5, 5.41) is 7.23. The molecule has 0 bridgehead atoms. The third-order valence-electron chi connectivity index (χ3n) is 4.12. The molecule has 0 saturated heterocycles. The molecule has 0 atom stereocenters. The molecule has 0 spiro atoms. The van der Waals surface area contributed by atoms with Gasteiger partial charge in [0.05, 0.1) is 0 Å². The Morgan fingerprint density at radius 3 is 2.78 bits per heavy atom. The average molecular weight is 368 g/mol. The second-order valence-corrected chi connectivity index (χ2v) is 5.87. The van der Waals surface area contributed by atoms with Crippen LogP contribution in [0, 0.1) is 0 Å². The Balaban J connectivity index is 1.67. The number of aromatic nitrogens is 5. The molecule has 136 valence electrons. The number of nitrogens with one attached hydrogen (secondary N) is 2. The van der Waals surface area contributed by atoms with E-state index in [2.05, 4.69) is 25.4 Å². The van der Waals surface area contributed by atoms with Crippen molar-refractivity contribution in [3.05, 3.63) is 60.2 Å². The number of halogens is 2. The van der Waals surface area contributed by atoms with Crippen LogP contribution in [0.3, 0.4) is 0 Å². The van der Waals surface area contributed by atoms with E-state index in [1.165, 1.54) is 17.1 Å². The molecule has 0 aliphatic carbocycles. The first kappa shape index (κ1) is 16.8. The van der Waals surface area contributed by atoms with Gasteiger partial charge in [0.2, 0.25) is 5.82 Å². The van der Waals surface area contributed by atoms with Crippen LogP contribution >= 0.6 is 0 Å². The topological polar surface area (TPSA) is 88.5 Å². The number of benzene rings is 1. The smallest absolute Gasteiger partial charge is 0.294 e. The van der Waals surface area contributed by atoms with Crippen LogP contribution in [0.1, 0.15) is 22.6 Å². The molecule has 1 amide bonds. The van der Waals surface area contributed by atoms with Crippen molar-refractivity contribution in [2.75, 3.05) is 5.32 Å². The third-order valence-corrected chi connectivity index (χ3v) is 4.12. The Bertz CT molecular complexity index is 1130. The monoisotopic (exact) mass is 368 g/mol. The van der Waals surface area contributed by atoms with E-state index in [4.69, 9.17) is 0 Å². The molecule has 0 fully saturated rings. The molecule has 2 N–H and O–H groups in total. The van der Waals surface area contributed by atoms with Crippen molar-refractivity contribution in [3.8, 4) is 11.3 Å².